The third-order valence-corrected chi connectivity index (χ3v) is 2.88. The molecule has 0 aliphatic heterocycles. The molecule has 1 aromatic rings. The van der Waals surface area contributed by atoms with E-state index in [4.69, 9.17) is 0 Å². The highest BCUT2D eigenvalue weighted by Crippen LogP contribution is 2.26. The Balaban J connectivity index is 3.16. The zero-order valence-electron chi connectivity index (χ0n) is 10.7. The van der Waals surface area contributed by atoms with Crippen LogP contribution < -0.4 is 0 Å². The zero-order chi connectivity index (χ0) is 12.1. The van der Waals surface area contributed by atoms with E-state index in [1.54, 1.807) is 0 Å². The van der Waals surface area contributed by atoms with Gasteiger partial charge in [0.25, 0.3) is 0 Å². The lowest BCUT2D eigenvalue weighted by Gasteiger charge is -2.12. The minimum Gasteiger partial charge on any atom is -0.233 e. The Bertz CT molecular complexity index is 400. The van der Waals surface area contributed by atoms with Gasteiger partial charge in [0.15, 0.2) is 0 Å². The first kappa shape index (κ1) is 12.7. The maximum Gasteiger partial charge on any atom is 0.128 e. The van der Waals surface area contributed by atoms with Gasteiger partial charge in [-0.15, -0.1) is 0 Å². The molecule has 0 radical (unpaired) electrons. The van der Waals surface area contributed by atoms with Gasteiger partial charge < -0.3 is 0 Å². The first-order valence-corrected chi connectivity index (χ1v) is 5.92. The van der Waals surface area contributed by atoms with Crippen molar-refractivity contribution in [2.45, 2.75) is 47.0 Å². The molecule has 16 heavy (non-hydrogen) atoms. The third-order valence-electron chi connectivity index (χ3n) is 2.88. The average molecular weight is 216 g/mol. The monoisotopic (exact) mass is 216 g/mol. The van der Waals surface area contributed by atoms with Crippen LogP contribution in [0.25, 0.3) is 5.57 Å². The van der Waals surface area contributed by atoms with Crippen molar-refractivity contribution in [3.63, 3.8) is 0 Å². The Hall–Kier alpha value is -1.33. The molecule has 0 unspecified atom stereocenters. The van der Waals surface area contributed by atoms with Crippen molar-refractivity contribution < 1.29 is 4.79 Å². The van der Waals surface area contributed by atoms with Crippen molar-refractivity contribution in [1.29, 1.82) is 0 Å². The Kier molecular flexibility index (Phi) is 4.52. The van der Waals surface area contributed by atoms with Gasteiger partial charge in [-0.3, -0.25) is 0 Å². The molecule has 0 aliphatic rings. The van der Waals surface area contributed by atoms with Gasteiger partial charge in [-0.25, -0.2) is 4.79 Å². The molecule has 1 heteroatoms. The van der Waals surface area contributed by atoms with Crippen molar-refractivity contribution in [3.8, 4) is 0 Å². The maximum atomic E-state index is 11.0. The van der Waals surface area contributed by atoms with Gasteiger partial charge in [-0.05, 0) is 50.3 Å². The molecule has 0 fully saturated rings. The summed E-state index contributed by atoms with van der Waals surface area (Å²) in [5, 5.41) is 0. The molecule has 1 nitrogen and oxygen atoms in total. The van der Waals surface area contributed by atoms with E-state index in [-0.39, 0.29) is 0 Å². The van der Waals surface area contributed by atoms with E-state index in [9.17, 15) is 4.79 Å². The first-order chi connectivity index (χ1) is 7.60. The van der Waals surface area contributed by atoms with E-state index in [2.05, 4.69) is 45.8 Å². The van der Waals surface area contributed by atoms with E-state index in [0.717, 1.165) is 30.4 Å². The Morgan fingerprint density at radius 2 is 1.75 bits per heavy atom. The summed E-state index contributed by atoms with van der Waals surface area (Å²) < 4.78 is 0. The summed E-state index contributed by atoms with van der Waals surface area (Å²) >= 11 is 0. The van der Waals surface area contributed by atoms with Crippen molar-refractivity contribution >= 4 is 11.5 Å². The normalized spacial score (nSPS) is 10.0. The van der Waals surface area contributed by atoms with Gasteiger partial charge >= 0.3 is 0 Å². The van der Waals surface area contributed by atoms with Crippen LogP contribution in [-0.2, 0) is 4.79 Å². The van der Waals surface area contributed by atoms with Crippen molar-refractivity contribution in [1.82, 2.24) is 0 Å². The summed E-state index contributed by atoms with van der Waals surface area (Å²) in [7, 11) is 0. The predicted octanol–water partition coefficient (Wildman–Crippen LogP) is 4.02. The van der Waals surface area contributed by atoms with Crippen molar-refractivity contribution in [2.24, 2.45) is 0 Å². The van der Waals surface area contributed by atoms with E-state index in [1.807, 2.05) is 0 Å². The second kappa shape index (κ2) is 5.67. The van der Waals surface area contributed by atoms with Crippen molar-refractivity contribution in [3.05, 3.63) is 34.4 Å². The maximum absolute atomic E-state index is 11.0. The standard InChI is InChI=1S/C15H20O/c1-5-6-7-14(10-16)15-12(3)8-11(2)9-13(15)4/h8-9H,5-7H2,1-4H3. The van der Waals surface area contributed by atoms with Gasteiger partial charge in [0, 0.05) is 5.57 Å². The second-order valence-electron chi connectivity index (χ2n) is 4.46. The second-order valence-corrected chi connectivity index (χ2v) is 4.46. The van der Waals surface area contributed by atoms with Crippen LogP contribution in [0.5, 0.6) is 0 Å². The topological polar surface area (TPSA) is 17.1 Å². The van der Waals surface area contributed by atoms with Crippen LogP contribution >= 0.6 is 0 Å². The van der Waals surface area contributed by atoms with Gasteiger partial charge in [0.05, 0.1) is 0 Å². The molecule has 1 rings (SSSR count). The van der Waals surface area contributed by atoms with Gasteiger partial charge in [-0.1, -0.05) is 31.0 Å². The van der Waals surface area contributed by atoms with Gasteiger partial charge in [0.2, 0.25) is 0 Å². The number of aryl methyl sites for hydroxylation is 3. The molecule has 0 aromatic heterocycles. The molecular formula is C15H20O. The number of benzene rings is 1. The van der Waals surface area contributed by atoms with Crippen LogP contribution in [0.3, 0.4) is 0 Å². The van der Waals surface area contributed by atoms with E-state index >= 15 is 0 Å². The molecule has 0 bridgehead atoms. The van der Waals surface area contributed by atoms with Crippen LogP contribution in [0.1, 0.15) is 48.4 Å². The predicted molar refractivity (Wildman–Crippen MR) is 69.3 cm³/mol. The summed E-state index contributed by atoms with van der Waals surface area (Å²) in [5.74, 6) is 2.12. The largest absolute Gasteiger partial charge is 0.233 e. The number of allylic oxidation sites excluding steroid dienone is 1. The fourth-order valence-electron chi connectivity index (χ4n) is 2.24. The minimum atomic E-state index is 0.830. The summed E-state index contributed by atoms with van der Waals surface area (Å²) in [6.07, 6.45) is 3.00. The third kappa shape index (κ3) is 2.84. The van der Waals surface area contributed by atoms with Crippen LogP contribution in [0.4, 0.5) is 0 Å². The number of carbonyl (C=O) groups excluding carboxylic acids is 1. The van der Waals surface area contributed by atoms with E-state index in [0.29, 0.717) is 0 Å². The Morgan fingerprint density at radius 3 is 2.19 bits per heavy atom. The van der Waals surface area contributed by atoms with Crippen LogP contribution in [-0.4, -0.2) is 5.94 Å². The highest BCUT2D eigenvalue weighted by molar-refractivity contribution is 5.89. The van der Waals surface area contributed by atoms with E-state index in [1.165, 1.54) is 16.7 Å². The Labute approximate surface area is 98.2 Å². The molecule has 0 saturated heterocycles. The molecule has 0 atom stereocenters. The highest BCUT2D eigenvalue weighted by atomic mass is 16.1. The highest BCUT2D eigenvalue weighted by Gasteiger charge is 2.09. The number of unbranched alkanes of at least 4 members (excludes halogenated alkanes) is 1. The lowest BCUT2D eigenvalue weighted by atomic mass is 9.92. The summed E-state index contributed by atoms with van der Waals surface area (Å²) in [6.45, 7) is 8.36. The molecule has 86 valence electrons. The molecule has 1 aromatic carbocycles. The minimum absolute atomic E-state index is 0.830. The fraction of sp³-hybridized carbons (Fsp3) is 0.467. The smallest absolute Gasteiger partial charge is 0.128 e. The molecule has 0 N–H and O–H groups in total. The molecule has 0 aliphatic carbocycles. The molecule has 0 spiro atoms. The first-order valence-electron chi connectivity index (χ1n) is 5.92. The fourth-order valence-corrected chi connectivity index (χ4v) is 2.24. The van der Waals surface area contributed by atoms with Gasteiger partial charge in [0.1, 0.15) is 5.94 Å². The van der Waals surface area contributed by atoms with Crippen LogP contribution in [0.2, 0.25) is 0 Å². The molecule has 0 saturated carbocycles. The molecule has 0 heterocycles. The summed E-state index contributed by atoms with van der Waals surface area (Å²) in [5.41, 5.74) is 5.56. The Morgan fingerprint density at radius 1 is 1.19 bits per heavy atom. The average Bonchev–Trinajstić information content (AvgIpc) is 2.21. The molecule has 0 amide bonds. The summed E-state index contributed by atoms with van der Waals surface area (Å²) in [4.78, 5) is 11.0. The van der Waals surface area contributed by atoms with Crippen LogP contribution in [0, 0.1) is 20.8 Å². The van der Waals surface area contributed by atoms with Gasteiger partial charge in [-0.2, -0.15) is 0 Å². The summed E-state index contributed by atoms with van der Waals surface area (Å²) in [6, 6.07) is 4.26. The van der Waals surface area contributed by atoms with E-state index < -0.39 is 0 Å². The lowest BCUT2D eigenvalue weighted by Crippen LogP contribution is -1.95. The number of rotatable bonds is 4. The zero-order valence-corrected chi connectivity index (χ0v) is 10.7. The number of hydrogen-bond acceptors (Lipinski definition) is 1. The van der Waals surface area contributed by atoms with Crippen LogP contribution in [0.15, 0.2) is 12.1 Å². The SMILES string of the molecule is CCCCC(=C=O)c1c(C)cc(C)cc1C. The molecular weight excluding hydrogens is 196 g/mol. The van der Waals surface area contributed by atoms with Crippen molar-refractivity contribution in [2.75, 3.05) is 0 Å². The number of hydrogen-bond donors (Lipinski definition) is 0. The quantitative estimate of drug-likeness (QED) is 0.695. The lowest BCUT2D eigenvalue weighted by molar-refractivity contribution is 0.568.